The Morgan fingerprint density at radius 1 is 1.03 bits per heavy atom. The van der Waals surface area contributed by atoms with Gasteiger partial charge in [0.2, 0.25) is 5.13 Å². The third-order valence-corrected chi connectivity index (χ3v) is 8.35. The lowest BCUT2D eigenvalue weighted by molar-refractivity contribution is 0.0304. The molecule has 0 aromatic carbocycles. The fraction of sp³-hybridized carbons (Fsp3) is 0.423. The Morgan fingerprint density at radius 2 is 1.86 bits per heavy atom. The Morgan fingerprint density at radius 3 is 2.68 bits per heavy atom. The highest BCUT2D eigenvalue weighted by Gasteiger charge is 2.35. The number of nitrogens with one attached hydrogen (secondary N) is 1. The Hall–Kier alpha value is -3.59. The van der Waals surface area contributed by atoms with E-state index in [4.69, 9.17) is 14.5 Å². The Bertz CT molecular complexity index is 1480. The largest absolute Gasteiger partial charge is 0.381 e. The summed E-state index contributed by atoms with van der Waals surface area (Å²) in [5.74, 6) is 0. The van der Waals surface area contributed by atoms with Crippen molar-refractivity contribution in [3.05, 3.63) is 42.2 Å². The highest BCUT2D eigenvalue weighted by molar-refractivity contribution is 7.18. The Balaban J connectivity index is 1.24. The minimum absolute atomic E-state index is 0.299. The molecule has 7 heterocycles. The molecule has 0 spiro atoms. The van der Waals surface area contributed by atoms with Crippen LogP contribution >= 0.6 is 11.3 Å². The van der Waals surface area contributed by atoms with E-state index in [1.54, 1.807) is 17.5 Å². The summed E-state index contributed by atoms with van der Waals surface area (Å²) in [6.45, 7) is 3.25. The summed E-state index contributed by atoms with van der Waals surface area (Å²) in [5, 5.41) is 28.3. The number of nitriles is 1. The monoisotopic (exact) mass is 514 g/mol. The molecule has 11 heteroatoms. The molecule has 10 nitrogen and oxygen atoms in total. The van der Waals surface area contributed by atoms with Gasteiger partial charge in [-0.05, 0) is 49.9 Å². The maximum Gasteiger partial charge on any atom is 0.208 e. The standard InChI is InChI=1S/C26H26N8O2S/c27-11-16-9-18-1-4-24(34(18)29-12-16)23-10-22(30-17-5-7-35-8-6-17)21(13-28-23)25-31-32-26(37-25)33-14-19-2-3-20(15-33)36-19/h1,4,9-10,12-13,17,19-20H,2-3,5-8,14-15H2,(H,28,30). The summed E-state index contributed by atoms with van der Waals surface area (Å²) in [6.07, 6.45) is 8.19. The van der Waals surface area contributed by atoms with Crippen molar-refractivity contribution in [2.24, 2.45) is 0 Å². The van der Waals surface area contributed by atoms with E-state index in [0.29, 0.717) is 23.8 Å². The van der Waals surface area contributed by atoms with Gasteiger partial charge in [-0.3, -0.25) is 4.98 Å². The van der Waals surface area contributed by atoms with Crippen molar-refractivity contribution in [3.8, 4) is 28.0 Å². The fourth-order valence-electron chi connectivity index (χ4n) is 5.42. The summed E-state index contributed by atoms with van der Waals surface area (Å²) in [6, 6.07) is 10.3. The van der Waals surface area contributed by atoms with Gasteiger partial charge in [-0.25, -0.2) is 4.52 Å². The van der Waals surface area contributed by atoms with Crippen molar-refractivity contribution < 1.29 is 9.47 Å². The average molecular weight is 515 g/mol. The maximum atomic E-state index is 9.22. The van der Waals surface area contributed by atoms with Gasteiger partial charge in [-0.15, -0.1) is 10.2 Å². The topological polar surface area (TPSA) is 113 Å². The molecular weight excluding hydrogens is 488 g/mol. The molecule has 0 radical (unpaired) electrons. The minimum Gasteiger partial charge on any atom is -0.381 e. The van der Waals surface area contributed by atoms with Crippen LogP contribution in [0, 0.1) is 11.3 Å². The van der Waals surface area contributed by atoms with Crippen LogP contribution in [0.1, 0.15) is 31.2 Å². The summed E-state index contributed by atoms with van der Waals surface area (Å²) in [5.41, 5.74) is 4.96. The number of hydrogen-bond donors (Lipinski definition) is 1. The zero-order valence-corrected chi connectivity index (χ0v) is 21.0. The van der Waals surface area contributed by atoms with Crippen LogP contribution in [0.5, 0.6) is 0 Å². The van der Waals surface area contributed by atoms with Crippen LogP contribution in [-0.2, 0) is 9.47 Å². The van der Waals surface area contributed by atoms with Crippen molar-refractivity contribution in [2.45, 2.75) is 43.9 Å². The van der Waals surface area contributed by atoms with Gasteiger partial charge in [0.05, 0.1) is 46.4 Å². The highest BCUT2D eigenvalue weighted by atomic mass is 32.1. The lowest BCUT2D eigenvalue weighted by Crippen LogP contribution is -2.42. The summed E-state index contributed by atoms with van der Waals surface area (Å²) in [7, 11) is 0. The van der Waals surface area contributed by atoms with E-state index in [0.717, 1.165) is 90.3 Å². The molecule has 0 saturated carbocycles. The van der Waals surface area contributed by atoms with Crippen LogP contribution in [0.2, 0.25) is 0 Å². The average Bonchev–Trinajstić information content (AvgIpc) is 3.67. The molecule has 2 atom stereocenters. The minimum atomic E-state index is 0.299. The van der Waals surface area contributed by atoms with Crippen LogP contribution in [0.3, 0.4) is 0 Å². The van der Waals surface area contributed by atoms with E-state index in [1.165, 1.54) is 0 Å². The van der Waals surface area contributed by atoms with Crippen LogP contribution in [-0.4, -0.2) is 69.3 Å². The number of hydrogen-bond acceptors (Lipinski definition) is 10. The third kappa shape index (κ3) is 4.31. The number of ether oxygens (including phenoxy) is 2. The number of pyridine rings is 1. The van der Waals surface area contributed by atoms with Gasteiger partial charge in [0, 0.05) is 44.2 Å². The van der Waals surface area contributed by atoms with Crippen LogP contribution in [0.25, 0.3) is 27.5 Å². The van der Waals surface area contributed by atoms with Gasteiger partial charge in [-0.1, -0.05) is 11.3 Å². The smallest absolute Gasteiger partial charge is 0.208 e. The van der Waals surface area contributed by atoms with Gasteiger partial charge in [0.25, 0.3) is 0 Å². The first-order valence-electron chi connectivity index (χ1n) is 12.7. The van der Waals surface area contributed by atoms with Gasteiger partial charge in [-0.2, -0.15) is 10.4 Å². The molecule has 37 heavy (non-hydrogen) atoms. The molecule has 2 bridgehead atoms. The van der Waals surface area contributed by atoms with Gasteiger partial charge in [0.1, 0.15) is 6.07 Å². The molecule has 0 amide bonds. The van der Waals surface area contributed by atoms with E-state index in [-0.39, 0.29) is 0 Å². The van der Waals surface area contributed by atoms with E-state index < -0.39 is 0 Å². The van der Waals surface area contributed by atoms with E-state index in [2.05, 4.69) is 37.6 Å². The summed E-state index contributed by atoms with van der Waals surface area (Å²) in [4.78, 5) is 7.13. The molecule has 1 N–H and O–H groups in total. The number of morpholine rings is 1. The van der Waals surface area contributed by atoms with Crippen LogP contribution < -0.4 is 10.2 Å². The lowest BCUT2D eigenvalue weighted by Gasteiger charge is -2.31. The number of anilines is 2. The molecule has 4 aromatic heterocycles. The molecule has 3 fully saturated rings. The van der Waals surface area contributed by atoms with E-state index in [1.807, 2.05) is 28.9 Å². The van der Waals surface area contributed by atoms with E-state index >= 15 is 0 Å². The maximum absolute atomic E-state index is 9.22. The van der Waals surface area contributed by atoms with Crippen molar-refractivity contribution in [2.75, 3.05) is 36.5 Å². The molecule has 3 aliphatic heterocycles. The molecular formula is C26H26N8O2S. The predicted octanol–water partition coefficient (Wildman–Crippen LogP) is 3.74. The lowest BCUT2D eigenvalue weighted by atomic mass is 10.1. The molecule has 3 saturated heterocycles. The Kier molecular flexibility index (Phi) is 5.72. The van der Waals surface area contributed by atoms with Gasteiger partial charge < -0.3 is 19.7 Å². The predicted molar refractivity (Wildman–Crippen MR) is 140 cm³/mol. The Labute approximate surface area is 217 Å². The third-order valence-electron chi connectivity index (χ3n) is 7.34. The zero-order valence-electron chi connectivity index (χ0n) is 20.2. The first-order chi connectivity index (χ1) is 18.2. The van der Waals surface area contributed by atoms with Gasteiger partial charge >= 0.3 is 0 Å². The number of fused-ring (bicyclic) bond motifs is 3. The van der Waals surface area contributed by atoms with E-state index in [9.17, 15) is 5.26 Å². The number of rotatable bonds is 5. The van der Waals surface area contributed by atoms with Crippen molar-refractivity contribution in [1.82, 2.24) is 24.8 Å². The summed E-state index contributed by atoms with van der Waals surface area (Å²) < 4.78 is 13.4. The number of nitrogens with zero attached hydrogens (tertiary/aromatic N) is 7. The molecule has 0 aliphatic carbocycles. The van der Waals surface area contributed by atoms with Crippen molar-refractivity contribution >= 4 is 27.7 Å². The second-order valence-corrected chi connectivity index (χ2v) is 10.8. The first kappa shape index (κ1) is 22.6. The fourth-order valence-corrected chi connectivity index (χ4v) is 6.31. The summed E-state index contributed by atoms with van der Waals surface area (Å²) >= 11 is 1.61. The SMILES string of the molecule is N#Cc1cnn2c(-c3cc(NC4CCOCC4)c(-c4nnc(N5CC6CCC(C5)O6)s4)cn3)ccc2c1. The molecule has 4 aromatic rings. The molecule has 7 rings (SSSR count). The van der Waals surface area contributed by atoms with Crippen molar-refractivity contribution in [1.29, 1.82) is 5.26 Å². The van der Waals surface area contributed by atoms with Crippen molar-refractivity contribution in [3.63, 3.8) is 0 Å². The second-order valence-electron chi connectivity index (χ2n) is 9.81. The molecule has 188 valence electrons. The van der Waals surface area contributed by atoms with Crippen LogP contribution in [0.4, 0.5) is 10.8 Å². The first-order valence-corrected chi connectivity index (χ1v) is 13.5. The molecule has 2 unspecified atom stereocenters. The zero-order chi connectivity index (χ0) is 24.8. The highest BCUT2D eigenvalue weighted by Crippen LogP contribution is 2.38. The van der Waals surface area contributed by atoms with Gasteiger partial charge in [0.15, 0.2) is 5.01 Å². The van der Waals surface area contributed by atoms with Crippen LogP contribution in [0.15, 0.2) is 36.7 Å². The number of aromatic nitrogens is 5. The normalized spacial score (nSPS) is 21.9. The molecule has 3 aliphatic rings. The second kappa shape index (κ2) is 9.37. The quantitative estimate of drug-likeness (QED) is 0.425.